The third-order valence-corrected chi connectivity index (χ3v) is 6.56. The first-order valence-electron chi connectivity index (χ1n) is 11.3. The van der Waals surface area contributed by atoms with Crippen molar-refractivity contribution in [3.05, 3.63) is 70.8 Å². The van der Waals surface area contributed by atoms with Gasteiger partial charge in [-0.15, -0.1) is 0 Å². The van der Waals surface area contributed by atoms with Gasteiger partial charge in [0.25, 0.3) is 5.91 Å². The molecule has 7 nitrogen and oxygen atoms in total. The molecule has 1 fully saturated rings. The van der Waals surface area contributed by atoms with E-state index >= 15 is 0 Å². The number of imidazole rings is 1. The quantitative estimate of drug-likeness (QED) is 0.480. The van der Waals surface area contributed by atoms with Crippen LogP contribution < -0.4 is 4.74 Å². The summed E-state index contributed by atoms with van der Waals surface area (Å²) in [5, 5.41) is 0.946. The Morgan fingerprint density at radius 3 is 2.52 bits per heavy atom. The molecule has 0 atom stereocenters. The highest BCUT2D eigenvalue weighted by Gasteiger charge is 2.25. The average molecular weight is 444 g/mol. The Balaban J connectivity index is 1.29. The second kappa shape index (κ2) is 8.48. The van der Waals surface area contributed by atoms with Gasteiger partial charge in [0, 0.05) is 50.4 Å². The van der Waals surface area contributed by atoms with Gasteiger partial charge in [0.1, 0.15) is 11.4 Å². The number of aryl methyl sites for hydroxylation is 3. The predicted molar refractivity (Wildman–Crippen MR) is 129 cm³/mol. The minimum absolute atomic E-state index is 0.0545. The molecule has 0 spiro atoms. The fraction of sp³-hybridized carbons (Fsp3) is 0.346. The number of pyridine rings is 2. The van der Waals surface area contributed by atoms with Gasteiger partial charge in [-0.1, -0.05) is 0 Å². The molecule has 0 N–H and O–H groups in total. The SMILES string of the molecule is COc1ccc2cc(C(=O)N3CCN(Cc4c(C)nc5cc(C)ccn45)CC3)c(C)nc2c1. The lowest BCUT2D eigenvalue weighted by Gasteiger charge is -2.35. The molecule has 1 amide bonds. The largest absolute Gasteiger partial charge is 0.497 e. The summed E-state index contributed by atoms with van der Waals surface area (Å²) in [4.78, 5) is 27.0. The Hall–Kier alpha value is -3.45. The van der Waals surface area contributed by atoms with Crippen LogP contribution in [0.5, 0.6) is 5.75 Å². The summed E-state index contributed by atoms with van der Waals surface area (Å²) >= 11 is 0. The molecule has 33 heavy (non-hydrogen) atoms. The number of hydrogen-bond donors (Lipinski definition) is 0. The zero-order valence-corrected chi connectivity index (χ0v) is 19.6. The number of nitrogens with zero attached hydrogens (tertiary/aromatic N) is 5. The average Bonchev–Trinajstić information content (AvgIpc) is 3.12. The number of hydrogen-bond acceptors (Lipinski definition) is 5. The summed E-state index contributed by atoms with van der Waals surface area (Å²) < 4.78 is 7.47. The van der Waals surface area contributed by atoms with Gasteiger partial charge in [-0.2, -0.15) is 0 Å². The summed E-state index contributed by atoms with van der Waals surface area (Å²) in [7, 11) is 1.64. The van der Waals surface area contributed by atoms with Gasteiger partial charge in [0.15, 0.2) is 0 Å². The minimum atomic E-state index is 0.0545. The number of carbonyl (C=O) groups excluding carboxylic acids is 1. The van der Waals surface area contributed by atoms with E-state index in [-0.39, 0.29) is 5.91 Å². The number of aromatic nitrogens is 3. The van der Waals surface area contributed by atoms with Crippen molar-refractivity contribution in [3.63, 3.8) is 0 Å². The Bertz CT molecular complexity index is 1350. The smallest absolute Gasteiger partial charge is 0.255 e. The second-order valence-corrected chi connectivity index (χ2v) is 8.82. The van der Waals surface area contributed by atoms with E-state index in [0.717, 1.165) is 53.3 Å². The Morgan fingerprint density at radius 1 is 0.970 bits per heavy atom. The number of fused-ring (bicyclic) bond motifs is 2. The maximum atomic E-state index is 13.3. The van der Waals surface area contributed by atoms with Crippen LogP contribution >= 0.6 is 0 Å². The van der Waals surface area contributed by atoms with Crippen LogP contribution in [-0.4, -0.2) is 63.4 Å². The van der Waals surface area contributed by atoms with E-state index in [9.17, 15) is 4.79 Å². The maximum absolute atomic E-state index is 13.3. The lowest BCUT2D eigenvalue weighted by molar-refractivity contribution is 0.0625. The van der Waals surface area contributed by atoms with Crippen LogP contribution in [0.3, 0.4) is 0 Å². The van der Waals surface area contributed by atoms with Gasteiger partial charge in [0.05, 0.1) is 35.3 Å². The first-order valence-corrected chi connectivity index (χ1v) is 11.3. The van der Waals surface area contributed by atoms with E-state index < -0.39 is 0 Å². The first-order chi connectivity index (χ1) is 15.9. The molecule has 4 aromatic rings. The molecular formula is C26H29N5O2. The molecule has 1 aliphatic rings. The molecule has 0 aliphatic carbocycles. The third-order valence-electron chi connectivity index (χ3n) is 6.56. The number of benzene rings is 1. The van der Waals surface area contributed by atoms with E-state index in [2.05, 4.69) is 46.5 Å². The van der Waals surface area contributed by atoms with Crippen molar-refractivity contribution < 1.29 is 9.53 Å². The molecule has 1 aliphatic heterocycles. The monoisotopic (exact) mass is 443 g/mol. The lowest BCUT2D eigenvalue weighted by atomic mass is 10.1. The molecular weight excluding hydrogens is 414 g/mol. The fourth-order valence-electron chi connectivity index (χ4n) is 4.58. The molecule has 0 radical (unpaired) electrons. The number of piperazine rings is 1. The van der Waals surface area contributed by atoms with Crippen molar-refractivity contribution in [1.29, 1.82) is 0 Å². The molecule has 7 heteroatoms. The number of ether oxygens (including phenoxy) is 1. The summed E-state index contributed by atoms with van der Waals surface area (Å²) in [5.74, 6) is 0.819. The predicted octanol–water partition coefficient (Wildman–Crippen LogP) is 3.77. The molecule has 1 aromatic carbocycles. The number of amides is 1. The van der Waals surface area contributed by atoms with Crippen LogP contribution in [0, 0.1) is 20.8 Å². The van der Waals surface area contributed by atoms with Crippen LogP contribution in [0.4, 0.5) is 0 Å². The van der Waals surface area contributed by atoms with Crippen molar-refractivity contribution in [3.8, 4) is 5.75 Å². The van der Waals surface area contributed by atoms with Gasteiger partial charge < -0.3 is 14.0 Å². The normalized spacial score (nSPS) is 14.8. The molecule has 5 rings (SSSR count). The van der Waals surface area contributed by atoms with Crippen LogP contribution in [0.2, 0.25) is 0 Å². The Kier molecular flexibility index (Phi) is 5.50. The van der Waals surface area contributed by atoms with Crippen molar-refractivity contribution in [2.24, 2.45) is 0 Å². The molecule has 0 bridgehead atoms. The van der Waals surface area contributed by atoms with E-state index in [0.29, 0.717) is 18.7 Å². The fourth-order valence-corrected chi connectivity index (χ4v) is 4.58. The van der Waals surface area contributed by atoms with E-state index in [1.807, 2.05) is 36.1 Å². The van der Waals surface area contributed by atoms with Gasteiger partial charge in [-0.05, 0) is 56.7 Å². The highest BCUT2D eigenvalue weighted by atomic mass is 16.5. The van der Waals surface area contributed by atoms with Crippen molar-refractivity contribution >= 4 is 22.5 Å². The molecule has 3 aromatic heterocycles. The standard InChI is InChI=1S/C26H29N5O2/c1-17-7-8-31-24(19(3)28-25(31)13-17)16-29-9-11-30(12-10-29)26(32)22-14-20-5-6-21(33-4)15-23(20)27-18(22)2/h5-8,13-15H,9-12,16H2,1-4H3. The van der Waals surface area contributed by atoms with Crippen LogP contribution in [0.15, 0.2) is 42.6 Å². The highest BCUT2D eigenvalue weighted by molar-refractivity contribution is 5.98. The zero-order chi connectivity index (χ0) is 23.1. The Morgan fingerprint density at radius 2 is 1.76 bits per heavy atom. The van der Waals surface area contributed by atoms with Gasteiger partial charge in [-0.3, -0.25) is 14.7 Å². The van der Waals surface area contributed by atoms with Gasteiger partial charge in [0.2, 0.25) is 0 Å². The summed E-state index contributed by atoms with van der Waals surface area (Å²) in [6.07, 6.45) is 2.10. The Labute approximate surface area is 193 Å². The molecule has 0 saturated carbocycles. The van der Waals surface area contributed by atoms with Crippen LogP contribution in [0.25, 0.3) is 16.6 Å². The summed E-state index contributed by atoms with van der Waals surface area (Å²) in [5.41, 5.74) is 6.75. The highest BCUT2D eigenvalue weighted by Crippen LogP contribution is 2.23. The van der Waals surface area contributed by atoms with E-state index in [1.54, 1.807) is 7.11 Å². The van der Waals surface area contributed by atoms with Crippen molar-refractivity contribution in [2.45, 2.75) is 27.3 Å². The third kappa shape index (κ3) is 4.04. The molecule has 1 saturated heterocycles. The van der Waals surface area contributed by atoms with Crippen LogP contribution in [0.1, 0.15) is 33.0 Å². The maximum Gasteiger partial charge on any atom is 0.255 e. The second-order valence-electron chi connectivity index (χ2n) is 8.82. The summed E-state index contributed by atoms with van der Waals surface area (Å²) in [6, 6.07) is 11.9. The lowest BCUT2D eigenvalue weighted by Crippen LogP contribution is -2.48. The summed E-state index contributed by atoms with van der Waals surface area (Å²) in [6.45, 7) is 9.96. The minimum Gasteiger partial charge on any atom is -0.497 e. The molecule has 170 valence electrons. The first kappa shape index (κ1) is 21.4. The van der Waals surface area contributed by atoms with Gasteiger partial charge in [-0.25, -0.2) is 4.98 Å². The van der Waals surface area contributed by atoms with E-state index in [4.69, 9.17) is 9.72 Å². The number of methoxy groups -OCH3 is 1. The number of rotatable bonds is 4. The van der Waals surface area contributed by atoms with E-state index in [1.165, 1.54) is 11.3 Å². The van der Waals surface area contributed by atoms with Gasteiger partial charge >= 0.3 is 0 Å². The van der Waals surface area contributed by atoms with Crippen molar-refractivity contribution in [1.82, 2.24) is 24.2 Å². The van der Waals surface area contributed by atoms with Crippen molar-refractivity contribution in [2.75, 3.05) is 33.3 Å². The zero-order valence-electron chi connectivity index (χ0n) is 19.6. The molecule has 0 unspecified atom stereocenters. The number of carbonyl (C=O) groups is 1. The topological polar surface area (TPSA) is 63.0 Å². The van der Waals surface area contributed by atoms with Crippen LogP contribution in [-0.2, 0) is 6.54 Å². The molecule has 4 heterocycles.